The summed E-state index contributed by atoms with van der Waals surface area (Å²) in [5.74, 6) is -1.72. The maximum Gasteiger partial charge on any atom is 0.154 e. The quantitative estimate of drug-likeness (QED) is 0.831. The fourth-order valence-corrected chi connectivity index (χ4v) is 2.07. The van der Waals surface area contributed by atoms with Crippen LogP contribution >= 0.6 is 11.6 Å². The number of carbonyl (C=O) groups excluding carboxylic acids is 1. The molecule has 0 saturated carbocycles. The van der Waals surface area contributed by atoms with Gasteiger partial charge in [0, 0.05) is 17.7 Å². The molecular formula is C10H10ClFO3S. The van der Waals surface area contributed by atoms with Gasteiger partial charge in [-0.1, -0.05) is 17.7 Å². The highest BCUT2D eigenvalue weighted by Gasteiger charge is 2.13. The van der Waals surface area contributed by atoms with E-state index in [0.717, 1.165) is 12.3 Å². The van der Waals surface area contributed by atoms with Gasteiger partial charge in [0.05, 0.1) is 0 Å². The molecule has 88 valence electrons. The van der Waals surface area contributed by atoms with Crippen LogP contribution in [-0.4, -0.2) is 26.2 Å². The van der Waals surface area contributed by atoms with E-state index >= 15 is 0 Å². The van der Waals surface area contributed by atoms with Crippen LogP contribution in [0.15, 0.2) is 18.2 Å². The molecule has 0 aliphatic carbocycles. The van der Waals surface area contributed by atoms with Gasteiger partial charge in [-0.2, -0.15) is 0 Å². The topological polar surface area (TPSA) is 51.2 Å². The van der Waals surface area contributed by atoms with Gasteiger partial charge < -0.3 is 0 Å². The molecule has 0 amide bonds. The number of hydrogen-bond acceptors (Lipinski definition) is 3. The third kappa shape index (κ3) is 4.28. The fourth-order valence-electron chi connectivity index (χ4n) is 1.22. The van der Waals surface area contributed by atoms with E-state index in [2.05, 4.69) is 0 Å². The van der Waals surface area contributed by atoms with Crippen molar-refractivity contribution in [2.45, 2.75) is 6.42 Å². The Kier molecular flexibility index (Phi) is 4.04. The van der Waals surface area contributed by atoms with E-state index in [1.807, 2.05) is 0 Å². The summed E-state index contributed by atoms with van der Waals surface area (Å²) in [4.78, 5) is 11.3. The second kappa shape index (κ2) is 4.93. The molecule has 0 heterocycles. The third-order valence-corrected chi connectivity index (χ3v) is 2.91. The zero-order valence-electron chi connectivity index (χ0n) is 8.54. The minimum atomic E-state index is -3.36. The summed E-state index contributed by atoms with van der Waals surface area (Å²) in [7, 11) is -3.36. The Hall–Kier alpha value is -0.940. The van der Waals surface area contributed by atoms with Gasteiger partial charge in [-0.25, -0.2) is 12.8 Å². The number of benzene rings is 1. The maximum atomic E-state index is 13.3. The molecule has 1 aromatic rings. The summed E-state index contributed by atoms with van der Waals surface area (Å²) in [5, 5.41) is 0.233. The zero-order chi connectivity index (χ0) is 12.3. The molecule has 16 heavy (non-hydrogen) atoms. The second-order valence-electron chi connectivity index (χ2n) is 3.52. The second-order valence-corrected chi connectivity index (χ2v) is 6.10. The lowest BCUT2D eigenvalue weighted by Gasteiger charge is -2.02. The van der Waals surface area contributed by atoms with Crippen molar-refractivity contribution in [3.05, 3.63) is 34.6 Å². The molecule has 0 aromatic heterocycles. The molecule has 0 radical (unpaired) electrons. The molecule has 6 heteroatoms. The van der Waals surface area contributed by atoms with E-state index in [1.54, 1.807) is 0 Å². The number of sulfone groups is 1. The zero-order valence-corrected chi connectivity index (χ0v) is 10.1. The van der Waals surface area contributed by atoms with Gasteiger partial charge in [-0.15, -0.1) is 0 Å². The summed E-state index contributed by atoms with van der Waals surface area (Å²) in [6, 6.07) is 3.91. The van der Waals surface area contributed by atoms with Gasteiger partial charge in [0.15, 0.2) is 15.6 Å². The highest BCUT2D eigenvalue weighted by atomic mass is 35.5. The smallest absolute Gasteiger partial charge is 0.154 e. The van der Waals surface area contributed by atoms with Gasteiger partial charge >= 0.3 is 0 Å². The SMILES string of the molecule is CS(=O)(=O)CC(=O)Cc1ccc(Cl)cc1F. The number of carbonyl (C=O) groups is 1. The summed E-state index contributed by atoms with van der Waals surface area (Å²) in [6.45, 7) is 0. The van der Waals surface area contributed by atoms with Crippen LogP contribution < -0.4 is 0 Å². The van der Waals surface area contributed by atoms with Crippen LogP contribution in [-0.2, 0) is 21.1 Å². The molecule has 0 aliphatic heterocycles. The molecule has 0 unspecified atom stereocenters. The average molecular weight is 265 g/mol. The van der Waals surface area contributed by atoms with Crippen molar-refractivity contribution in [1.82, 2.24) is 0 Å². The molecule has 0 atom stereocenters. The van der Waals surface area contributed by atoms with Crippen LogP contribution in [0.1, 0.15) is 5.56 Å². The van der Waals surface area contributed by atoms with E-state index in [-0.39, 0.29) is 17.0 Å². The van der Waals surface area contributed by atoms with Crippen molar-refractivity contribution in [1.29, 1.82) is 0 Å². The van der Waals surface area contributed by atoms with Crippen molar-refractivity contribution in [3.63, 3.8) is 0 Å². The molecular weight excluding hydrogens is 255 g/mol. The van der Waals surface area contributed by atoms with Crippen molar-refractivity contribution < 1.29 is 17.6 Å². The van der Waals surface area contributed by atoms with E-state index in [4.69, 9.17) is 11.6 Å². The molecule has 0 N–H and O–H groups in total. The van der Waals surface area contributed by atoms with Crippen LogP contribution in [0.3, 0.4) is 0 Å². The summed E-state index contributed by atoms with van der Waals surface area (Å²) in [5.41, 5.74) is 0.151. The van der Waals surface area contributed by atoms with Gasteiger partial charge in [-0.3, -0.25) is 4.79 Å². The van der Waals surface area contributed by atoms with Crippen molar-refractivity contribution >= 4 is 27.2 Å². The first kappa shape index (κ1) is 13.1. The predicted molar refractivity (Wildman–Crippen MR) is 59.8 cm³/mol. The fraction of sp³-hybridized carbons (Fsp3) is 0.300. The number of ketones is 1. The Morgan fingerprint density at radius 1 is 1.44 bits per heavy atom. The lowest BCUT2D eigenvalue weighted by atomic mass is 10.1. The van der Waals surface area contributed by atoms with Crippen LogP contribution in [0, 0.1) is 5.82 Å². The van der Waals surface area contributed by atoms with E-state index < -0.39 is 27.2 Å². The Morgan fingerprint density at radius 3 is 2.56 bits per heavy atom. The number of hydrogen-bond donors (Lipinski definition) is 0. The maximum absolute atomic E-state index is 13.3. The van der Waals surface area contributed by atoms with Crippen molar-refractivity contribution in [2.24, 2.45) is 0 Å². The average Bonchev–Trinajstić information content (AvgIpc) is 2.06. The van der Waals surface area contributed by atoms with Gasteiger partial charge in [-0.05, 0) is 17.7 Å². The Balaban J connectivity index is 2.78. The number of Topliss-reactive ketones (excluding diaryl/α,β-unsaturated/α-hetero) is 1. The first-order chi connectivity index (χ1) is 7.28. The number of halogens is 2. The lowest BCUT2D eigenvalue weighted by Crippen LogP contribution is -2.16. The normalized spacial score (nSPS) is 11.4. The van der Waals surface area contributed by atoms with Crippen LogP contribution in [0.2, 0.25) is 5.02 Å². The Bertz CT molecular complexity index is 511. The van der Waals surface area contributed by atoms with E-state index in [1.165, 1.54) is 12.1 Å². The Morgan fingerprint density at radius 2 is 2.06 bits per heavy atom. The minimum Gasteiger partial charge on any atom is -0.298 e. The highest BCUT2D eigenvalue weighted by molar-refractivity contribution is 7.91. The Labute approximate surface area is 98.1 Å². The molecule has 0 aliphatic rings. The molecule has 1 aromatic carbocycles. The molecule has 1 rings (SSSR count). The molecule has 0 saturated heterocycles. The molecule has 0 fully saturated rings. The predicted octanol–water partition coefficient (Wildman–Crippen LogP) is 1.64. The van der Waals surface area contributed by atoms with Gasteiger partial charge in [0.2, 0.25) is 0 Å². The highest BCUT2D eigenvalue weighted by Crippen LogP contribution is 2.15. The first-order valence-corrected chi connectivity index (χ1v) is 6.85. The van der Waals surface area contributed by atoms with E-state index in [9.17, 15) is 17.6 Å². The van der Waals surface area contributed by atoms with Crippen LogP contribution in [0.4, 0.5) is 4.39 Å². The van der Waals surface area contributed by atoms with E-state index in [0.29, 0.717) is 0 Å². The van der Waals surface area contributed by atoms with Crippen molar-refractivity contribution in [3.8, 4) is 0 Å². The summed E-state index contributed by atoms with van der Waals surface area (Å²) < 4.78 is 34.9. The third-order valence-electron chi connectivity index (χ3n) is 1.83. The largest absolute Gasteiger partial charge is 0.298 e. The van der Waals surface area contributed by atoms with Gasteiger partial charge in [0.25, 0.3) is 0 Å². The van der Waals surface area contributed by atoms with Crippen LogP contribution in [0.5, 0.6) is 0 Å². The standard InChI is InChI=1S/C10H10ClFO3S/c1-16(14,15)6-9(13)4-7-2-3-8(11)5-10(7)12/h2-3,5H,4,6H2,1H3. The van der Waals surface area contributed by atoms with Gasteiger partial charge in [0.1, 0.15) is 11.6 Å². The monoisotopic (exact) mass is 264 g/mol. The van der Waals surface area contributed by atoms with Crippen molar-refractivity contribution in [2.75, 3.05) is 12.0 Å². The number of rotatable bonds is 4. The summed E-state index contributed by atoms with van der Waals surface area (Å²) in [6.07, 6.45) is 0.721. The molecule has 3 nitrogen and oxygen atoms in total. The molecule has 0 spiro atoms. The lowest BCUT2D eigenvalue weighted by molar-refractivity contribution is -0.116. The van der Waals surface area contributed by atoms with Crippen LogP contribution in [0.25, 0.3) is 0 Å². The minimum absolute atomic E-state index is 0.151. The first-order valence-electron chi connectivity index (χ1n) is 4.41. The molecule has 0 bridgehead atoms. The summed E-state index contributed by atoms with van der Waals surface area (Å²) >= 11 is 5.54.